The molecule has 0 bridgehead atoms. The van der Waals surface area contributed by atoms with Crippen LogP contribution in [-0.2, 0) is 0 Å². The van der Waals surface area contributed by atoms with E-state index < -0.39 is 0 Å². The lowest BCUT2D eigenvalue weighted by molar-refractivity contribution is 1.15. The van der Waals surface area contributed by atoms with Gasteiger partial charge in [-0.2, -0.15) is 10.5 Å². The van der Waals surface area contributed by atoms with Gasteiger partial charge < -0.3 is 13.7 Å². The fourth-order valence-electron chi connectivity index (χ4n) is 8.72. The zero-order chi connectivity index (χ0) is 36.6. The number of aromatic nitrogens is 3. The molecule has 3 aromatic heterocycles. The van der Waals surface area contributed by atoms with E-state index in [0.717, 1.165) is 61.0 Å². The van der Waals surface area contributed by atoms with Crippen LogP contribution in [0.25, 0.3) is 93.6 Å². The molecule has 11 rings (SSSR count). The Hall–Kier alpha value is -7.86. The van der Waals surface area contributed by atoms with Crippen molar-refractivity contribution < 1.29 is 0 Å². The summed E-state index contributed by atoms with van der Waals surface area (Å²) in [6.45, 7) is 0. The van der Waals surface area contributed by atoms with Crippen molar-refractivity contribution >= 4 is 65.4 Å². The third-order valence-corrected chi connectivity index (χ3v) is 11.1. The Bertz CT molecular complexity index is 3420. The van der Waals surface area contributed by atoms with E-state index in [0.29, 0.717) is 11.1 Å². The molecule has 0 fully saturated rings. The number of hydrogen-bond donors (Lipinski definition) is 0. The van der Waals surface area contributed by atoms with Crippen molar-refractivity contribution in [3.05, 3.63) is 187 Å². The SMILES string of the molecule is N#Cc1ccc2c(c1)c1ccccc1n2-c1cccc(-c2cc(-n3c4ccccc4c4ccc(-n5c6ccccc6c6ccccc65)cc43)ccc2C#N)c1. The van der Waals surface area contributed by atoms with Gasteiger partial charge in [-0.05, 0) is 90.5 Å². The highest BCUT2D eigenvalue weighted by atomic mass is 15.0. The second kappa shape index (κ2) is 11.8. The molecule has 0 aliphatic rings. The molecule has 5 heteroatoms. The van der Waals surface area contributed by atoms with Crippen molar-refractivity contribution in [3.8, 4) is 40.3 Å². The average Bonchev–Trinajstić information content (AvgIpc) is 3.88. The van der Waals surface area contributed by atoms with Crippen LogP contribution in [0.5, 0.6) is 0 Å². The monoisotopic (exact) mass is 699 g/mol. The summed E-state index contributed by atoms with van der Waals surface area (Å²) in [7, 11) is 0. The number of rotatable bonds is 4. The molecule has 0 spiro atoms. The molecule has 3 heterocycles. The summed E-state index contributed by atoms with van der Waals surface area (Å²) in [4.78, 5) is 0. The summed E-state index contributed by atoms with van der Waals surface area (Å²) in [6, 6.07) is 66.0. The summed E-state index contributed by atoms with van der Waals surface area (Å²) >= 11 is 0. The topological polar surface area (TPSA) is 62.4 Å². The van der Waals surface area contributed by atoms with Crippen LogP contribution in [0.4, 0.5) is 0 Å². The molecular formula is C50H29N5. The van der Waals surface area contributed by atoms with Crippen molar-refractivity contribution in [1.29, 1.82) is 10.5 Å². The molecule has 0 aliphatic heterocycles. The summed E-state index contributed by atoms with van der Waals surface area (Å²) in [6.07, 6.45) is 0. The smallest absolute Gasteiger partial charge is 0.0998 e. The molecule has 0 unspecified atom stereocenters. The quantitative estimate of drug-likeness (QED) is 0.184. The van der Waals surface area contributed by atoms with Gasteiger partial charge in [-0.3, -0.25) is 0 Å². The lowest BCUT2D eigenvalue weighted by atomic mass is 9.99. The maximum absolute atomic E-state index is 10.5. The fourth-order valence-corrected chi connectivity index (χ4v) is 8.72. The first-order valence-corrected chi connectivity index (χ1v) is 18.3. The van der Waals surface area contributed by atoms with Crippen LogP contribution in [0, 0.1) is 22.7 Å². The van der Waals surface area contributed by atoms with Crippen molar-refractivity contribution in [1.82, 2.24) is 13.7 Å². The average molecular weight is 700 g/mol. The van der Waals surface area contributed by atoms with Crippen LogP contribution in [0.3, 0.4) is 0 Å². The Morgan fingerprint density at radius 2 is 0.818 bits per heavy atom. The third kappa shape index (κ3) is 4.51. The van der Waals surface area contributed by atoms with E-state index in [1.807, 2.05) is 36.4 Å². The van der Waals surface area contributed by atoms with Gasteiger partial charge in [0.05, 0.1) is 56.4 Å². The maximum Gasteiger partial charge on any atom is 0.0998 e. The Morgan fingerprint density at radius 1 is 0.327 bits per heavy atom. The predicted octanol–water partition coefficient (Wildman–Crippen LogP) is 12.4. The van der Waals surface area contributed by atoms with Gasteiger partial charge in [-0.15, -0.1) is 0 Å². The summed E-state index contributed by atoms with van der Waals surface area (Å²) in [5.74, 6) is 0. The first kappa shape index (κ1) is 30.7. The van der Waals surface area contributed by atoms with E-state index in [-0.39, 0.29) is 0 Å². The standard InChI is InChI=1S/C50H29N5/c51-30-32-20-25-49-44(26-32)41-15-4-8-19-48(41)53(49)35-11-9-10-33(27-35)43-28-36(22-21-34(43)31-52)55-47-18-7-3-14-40(47)42-24-23-37(29-50(42)55)54-45-16-5-1-12-38(45)39-13-2-6-17-46(39)54/h1-29H. The van der Waals surface area contributed by atoms with Crippen molar-refractivity contribution in [2.45, 2.75) is 0 Å². The molecule has 0 radical (unpaired) electrons. The molecule has 55 heavy (non-hydrogen) atoms. The molecule has 5 nitrogen and oxygen atoms in total. The largest absolute Gasteiger partial charge is 0.309 e. The highest BCUT2D eigenvalue weighted by Gasteiger charge is 2.19. The number of fused-ring (bicyclic) bond motifs is 9. The molecule has 0 amide bonds. The maximum atomic E-state index is 10.5. The molecule has 0 N–H and O–H groups in total. The molecule has 8 aromatic carbocycles. The van der Waals surface area contributed by atoms with Gasteiger partial charge in [-0.25, -0.2) is 0 Å². The van der Waals surface area contributed by atoms with Crippen molar-refractivity contribution in [2.24, 2.45) is 0 Å². The van der Waals surface area contributed by atoms with Gasteiger partial charge >= 0.3 is 0 Å². The summed E-state index contributed by atoms with van der Waals surface area (Å²) in [5, 5.41) is 27.0. The van der Waals surface area contributed by atoms with Crippen molar-refractivity contribution in [3.63, 3.8) is 0 Å². The van der Waals surface area contributed by atoms with E-state index >= 15 is 0 Å². The first-order chi connectivity index (χ1) is 27.2. The Labute approximate surface area is 316 Å². The Kier molecular flexibility index (Phi) is 6.61. The third-order valence-electron chi connectivity index (χ3n) is 11.1. The molecule has 0 saturated heterocycles. The lowest BCUT2D eigenvalue weighted by Gasteiger charge is -2.14. The molecule has 0 atom stereocenters. The van der Waals surface area contributed by atoms with Gasteiger partial charge in [0.15, 0.2) is 0 Å². The summed E-state index contributed by atoms with van der Waals surface area (Å²) in [5.41, 5.74) is 12.7. The predicted molar refractivity (Wildman–Crippen MR) is 224 cm³/mol. The van der Waals surface area contributed by atoms with Crippen LogP contribution in [0.15, 0.2) is 176 Å². The number of benzene rings is 8. The number of hydrogen-bond acceptors (Lipinski definition) is 2. The molecule has 11 aromatic rings. The molecule has 0 aliphatic carbocycles. The van der Waals surface area contributed by atoms with Crippen LogP contribution >= 0.6 is 0 Å². The van der Waals surface area contributed by atoms with Crippen LogP contribution < -0.4 is 0 Å². The Balaban J connectivity index is 1.12. The van der Waals surface area contributed by atoms with Crippen molar-refractivity contribution in [2.75, 3.05) is 0 Å². The van der Waals surface area contributed by atoms with Gasteiger partial charge in [0.2, 0.25) is 0 Å². The number of nitrogens with zero attached hydrogens (tertiary/aromatic N) is 5. The number of para-hydroxylation sites is 4. The van der Waals surface area contributed by atoms with E-state index in [1.165, 1.54) is 32.6 Å². The molecular weight excluding hydrogens is 671 g/mol. The van der Waals surface area contributed by atoms with Gasteiger partial charge in [0, 0.05) is 54.9 Å². The van der Waals surface area contributed by atoms with E-state index in [4.69, 9.17) is 0 Å². The zero-order valence-corrected chi connectivity index (χ0v) is 29.5. The van der Waals surface area contributed by atoms with Crippen LogP contribution in [0.1, 0.15) is 11.1 Å². The van der Waals surface area contributed by atoms with Crippen LogP contribution in [-0.4, -0.2) is 13.7 Å². The summed E-state index contributed by atoms with van der Waals surface area (Å²) < 4.78 is 6.93. The van der Waals surface area contributed by atoms with Gasteiger partial charge in [0.1, 0.15) is 0 Å². The highest BCUT2D eigenvalue weighted by molar-refractivity contribution is 6.12. The van der Waals surface area contributed by atoms with Gasteiger partial charge in [-0.1, -0.05) is 91.0 Å². The van der Waals surface area contributed by atoms with Gasteiger partial charge in [0.25, 0.3) is 0 Å². The van der Waals surface area contributed by atoms with E-state index in [1.54, 1.807) is 0 Å². The minimum Gasteiger partial charge on any atom is -0.309 e. The second-order valence-electron chi connectivity index (χ2n) is 14.0. The van der Waals surface area contributed by atoms with E-state index in [9.17, 15) is 10.5 Å². The number of nitriles is 2. The van der Waals surface area contributed by atoms with Crippen LogP contribution in [0.2, 0.25) is 0 Å². The lowest BCUT2D eigenvalue weighted by Crippen LogP contribution is -1.98. The zero-order valence-electron chi connectivity index (χ0n) is 29.5. The van der Waals surface area contributed by atoms with E-state index in [2.05, 4.69) is 165 Å². The fraction of sp³-hybridized carbons (Fsp3) is 0. The minimum atomic E-state index is 0.605. The highest BCUT2D eigenvalue weighted by Crippen LogP contribution is 2.39. The molecule has 0 saturated carbocycles. The second-order valence-corrected chi connectivity index (χ2v) is 14.0. The molecule has 254 valence electrons. The minimum absolute atomic E-state index is 0.605. The Morgan fingerprint density at radius 3 is 1.42 bits per heavy atom. The first-order valence-electron chi connectivity index (χ1n) is 18.3. The normalized spacial score (nSPS) is 11.6.